The standard InChI is InChI=1S/C27H33N7O3S/c1-6-19(2)25(35)33(4)27-30-22-9-7-8-10-23(22)34(27)18-32(3)24-15-16-28-26(31-24)29-21-13-11-20(12-14-21)17-38(5,36)37/h7-16,19H,6,17-18H2,1-5H3,(H,28,29,31). The van der Waals surface area contributed by atoms with Crippen LogP contribution in [0.25, 0.3) is 11.0 Å². The van der Waals surface area contributed by atoms with E-state index in [1.54, 1.807) is 42.4 Å². The van der Waals surface area contributed by atoms with E-state index in [1.807, 2.05) is 60.7 Å². The zero-order valence-corrected chi connectivity index (χ0v) is 23.1. The molecule has 1 atom stereocenters. The van der Waals surface area contributed by atoms with Crippen LogP contribution in [0, 0.1) is 5.92 Å². The summed E-state index contributed by atoms with van der Waals surface area (Å²) in [7, 11) is 0.584. The lowest BCUT2D eigenvalue weighted by atomic mass is 10.1. The molecule has 1 amide bonds. The van der Waals surface area contributed by atoms with Gasteiger partial charge in [0, 0.05) is 38.2 Å². The van der Waals surface area contributed by atoms with Crippen molar-refractivity contribution in [2.75, 3.05) is 35.5 Å². The van der Waals surface area contributed by atoms with Gasteiger partial charge >= 0.3 is 0 Å². The third-order valence-corrected chi connectivity index (χ3v) is 7.18. The Hall–Kier alpha value is -3.99. The van der Waals surface area contributed by atoms with Crippen molar-refractivity contribution in [3.63, 3.8) is 0 Å². The maximum atomic E-state index is 13.0. The van der Waals surface area contributed by atoms with Crippen molar-refractivity contribution in [3.05, 3.63) is 66.4 Å². The molecule has 0 fully saturated rings. The predicted octanol–water partition coefficient (Wildman–Crippen LogP) is 4.22. The van der Waals surface area contributed by atoms with Gasteiger partial charge in [-0.1, -0.05) is 38.1 Å². The maximum absolute atomic E-state index is 13.0. The molecule has 0 radical (unpaired) electrons. The van der Waals surface area contributed by atoms with E-state index >= 15 is 0 Å². The SMILES string of the molecule is CCC(C)C(=O)N(C)c1nc2ccccc2n1CN(C)c1ccnc(Nc2ccc(CS(C)(=O)=O)cc2)n1. The number of benzene rings is 2. The van der Waals surface area contributed by atoms with Crippen LogP contribution in [-0.2, 0) is 27.1 Å². The van der Waals surface area contributed by atoms with Crippen molar-refractivity contribution in [3.8, 4) is 0 Å². The Morgan fingerprint density at radius 2 is 1.76 bits per heavy atom. The number of amides is 1. The van der Waals surface area contributed by atoms with Crippen LogP contribution in [0.1, 0.15) is 25.8 Å². The minimum absolute atomic E-state index is 0.00682. The Balaban J connectivity index is 1.56. The van der Waals surface area contributed by atoms with E-state index in [-0.39, 0.29) is 17.6 Å². The van der Waals surface area contributed by atoms with Crippen LogP contribution in [-0.4, -0.2) is 54.2 Å². The van der Waals surface area contributed by atoms with Gasteiger partial charge in [0.05, 0.1) is 23.5 Å². The number of rotatable bonds is 10. The van der Waals surface area contributed by atoms with Crippen LogP contribution >= 0.6 is 0 Å². The topological polar surface area (TPSA) is 113 Å². The first kappa shape index (κ1) is 27.1. The summed E-state index contributed by atoms with van der Waals surface area (Å²) in [6, 6.07) is 16.8. The second-order valence-corrected chi connectivity index (χ2v) is 11.6. The summed E-state index contributed by atoms with van der Waals surface area (Å²) in [4.78, 5) is 30.3. The highest BCUT2D eigenvalue weighted by molar-refractivity contribution is 7.89. The zero-order valence-electron chi connectivity index (χ0n) is 22.3. The number of hydrogen-bond donors (Lipinski definition) is 1. The first-order valence-electron chi connectivity index (χ1n) is 12.4. The maximum Gasteiger partial charge on any atom is 0.231 e. The van der Waals surface area contributed by atoms with Gasteiger partial charge in [0.1, 0.15) is 5.82 Å². The Morgan fingerprint density at radius 3 is 2.45 bits per heavy atom. The van der Waals surface area contributed by atoms with Crippen molar-refractivity contribution in [1.82, 2.24) is 19.5 Å². The molecule has 0 spiro atoms. The molecule has 0 aliphatic rings. The molecule has 0 saturated heterocycles. The number of sulfone groups is 1. The lowest BCUT2D eigenvalue weighted by molar-refractivity contribution is -0.121. The molecule has 2 aromatic heterocycles. The van der Waals surface area contributed by atoms with Crippen LogP contribution in [0.15, 0.2) is 60.8 Å². The Bertz CT molecular complexity index is 1530. The molecule has 200 valence electrons. The molecular formula is C27H33N7O3S. The largest absolute Gasteiger partial charge is 0.341 e. The Labute approximate surface area is 223 Å². The first-order chi connectivity index (χ1) is 18.1. The number of nitrogens with zero attached hydrogens (tertiary/aromatic N) is 6. The van der Waals surface area contributed by atoms with E-state index in [4.69, 9.17) is 4.98 Å². The number of hydrogen-bond acceptors (Lipinski definition) is 8. The van der Waals surface area contributed by atoms with E-state index in [2.05, 4.69) is 15.3 Å². The van der Waals surface area contributed by atoms with Gasteiger partial charge in [-0.05, 0) is 42.3 Å². The number of carbonyl (C=O) groups excluding carboxylic acids is 1. The molecule has 2 aromatic carbocycles. The van der Waals surface area contributed by atoms with E-state index in [0.717, 1.165) is 23.1 Å². The quantitative estimate of drug-likeness (QED) is 0.321. The van der Waals surface area contributed by atoms with Gasteiger partial charge in [-0.2, -0.15) is 4.98 Å². The van der Waals surface area contributed by atoms with E-state index in [9.17, 15) is 13.2 Å². The second kappa shape index (κ2) is 11.2. The number of para-hydroxylation sites is 2. The van der Waals surface area contributed by atoms with Crippen LogP contribution < -0.4 is 15.1 Å². The zero-order chi connectivity index (χ0) is 27.4. The molecule has 4 rings (SSSR count). The average Bonchev–Trinajstić information content (AvgIpc) is 3.26. The van der Waals surface area contributed by atoms with Gasteiger partial charge in [-0.15, -0.1) is 0 Å². The first-order valence-corrected chi connectivity index (χ1v) is 14.4. The molecular weight excluding hydrogens is 502 g/mol. The van der Waals surface area contributed by atoms with Crippen molar-refractivity contribution >= 4 is 50.2 Å². The minimum Gasteiger partial charge on any atom is -0.341 e. The Morgan fingerprint density at radius 1 is 1.05 bits per heavy atom. The predicted molar refractivity (Wildman–Crippen MR) is 151 cm³/mol. The molecule has 0 bridgehead atoms. The fourth-order valence-corrected chi connectivity index (χ4v) is 4.88. The molecule has 0 saturated carbocycles. The molecule has 0 aliphatic carbocycles. The van der Waals surface area contributed by atoms with Gasteiger partial charge in [0.15, 0.2) is 9.84 Å². The summed E-state index contributed by atoms with van der Waals surface area (Å²) >= 11 is 0. The lowest BCUT2D eigenvalue weighted by Crippen LogP contribution is -2.34. The number of fused-ring (bicyclic) bond motifs is 1. The van der Waals surface area contributed by atoms with Crippen LogP contribution in [0.3, 0.4) is 0 Å². The van der Waals surface area contributed by atoms with Gasteiger partial charge in [-0.3, -0.25) is 14.3 Å². The number of aromatic nitrogens is 4. The van der Waals surface area contributed by atoms with Crippen molar-refractivity contribution in [1.29, 1.82) is 0 Å². The molecule has 11 heteroatoms. The summed E-state index contributed by atoms with van der Waals surface area (Å²) in [6.45, 7) is 4.33. The summed E-state index contributed by atoms with van der Waals surface area (Å²) in [5.41, 5.74) is 3.19. The molecule has 1 N–H and O–H groups in total. The normalized spacial score (nSPS) is 12.3. The van der Waals surface area contributed by atoms with Gasteiger partial charge < -0.3 is 10.2 Å². The Kier molecular flexibility index (Phi) is 7.96. The average molecular weight is 536 g/mol. The van der Waals surface area contributed by atoms with Crippen LogP contribution in [0.4, 0.5) is 23.4 Å². The number of carbonyl (C=O) groups is 1. The minimum atomic E-state index is -3.10. The summed E-state index contributed by atoms with van der Waals surface area (Å²) in [6.07, 6.45) is 3.64. The van der Waals surface area contributed by atoms with Crippen molar-refractivity contribution in [2.45, 2.75) is 32.7 Å². The fraction of sp³-hybridized carbons (Fsp3) is 0.333. The van der Waals surface area contributed by atoms with Crippen LogP contribution in [0.2, 0.25) is 0 Å². The van der Waals surface area contributed by atoms with Crippen molar-refractivity contribution in [2.24, 2.45) is 5.92 Å². The highest BCUT2D eigenvalue weighted by atomic mass is 32.2. The summed E-state index contributed by atoms with van der Waals surface area (Å²) in [5.74, 6) is 1.56. The smallest absolute Gasteiger partial charge is 0.231 e. The van der Waals surface area contributed by atoms with Gasteiger partial charge in [-0.25, -0.2) is 18.4 Å². The molecule has 4 aromatic rings. The second-order valence-electron chi connectivity index (χ2n) is 9.50. The van der Waals surface area contributed by atoms with E-state index in [0.29, 0.717) is 29.9 Å². The highest BCUT2D eigenvalue weighted by Gasteiger charge is 2.23. The molecule has 2 heterocycles. The molecule has 0 aliphatic heterocycles. The van der Waals surface area contributed by atoms with E-state index < -0.39 is 9.84 Å². The molecule has 38 heavy (non-hydrogen) atoms. The fourth-order valence-electron chi connectivity index (χ4n) is 4.08. The highest BCUT2D eigenvalue weighted by Crippen LogP contribution is 2.25. The molecule has 1 unspecified atom stereocenters. The number of imidazole rings is 1. The van der Waals surface area contributed by atoms with E-state index in [1.165, 1.54) is 6.26 Å². The number of anilines is 4. The molecule has 10 nitrogen and oxygen atoms in total. The third kappa shape index (κ3) is 6.28. The lowest BCUT2D eigenvalue weighted by Gasteiger charge is -2.25. The van der Waals surface area contributed by atoms with Crippen LogP contribution in [0.5, 0.6) is 0 Å². The monoisotopic (exact) mass is 535 g/mol. The van der Waals surface area contributed by atoms with Gasteiger partial charge in [0.2, 0.25) is 17.8 Å². The van der Waals surface area contributed by atoms with Crippen molar-refractivity contribution < 1.29 is 13.2 Å². The summed E-state index contributed by atoms with van der Waals surface area (Å²) < 4.78 is 25.1. The third-order valence-electron chi connectivity index (χ3n) is 6.32. The van der Waals surface area contributed by atoms with Gasteiger partial charge in [0.25, 0.3) is 0 Å². The summed E-state index contributed by atoms with van der Waals surface area (Å²) in [5, 5.41) is 3.17. The number of nitrogens with one attached hydrogen (secondary N) is 1.